The molecule has 0 aliphatic carbocycles. The van der Waals surface area contributed by atoms with E-state index in [9.17, 15) is 0 Å². The first-order valence-electron chi connectivity index (χ1n) is 8.69. The van der Waals surface area contributed by atoms with Crippen LogP contribution in [0.5, 0.6) is 0 Å². The molecule has 0 amide bonds. The second-order valence-corrected chi connectivity index (χ2v) is 11.6. The number of aryl methyl sites for hydroxylation is 3. The van der Waals surface area contributed by atoms with Crippen LogP contribution in [0.4, 0.5) is 0 Å². The zero-order chi connectivity index (χ0) is 18.5. The van der Waals surface area contributed by atoms with E-state index in [0.29, 0.717) is 0 Å². The van der Waals surface area contributed by atoms with Crippen LogP contribution in [0.25, 0.3) is 19.5 Å². The molecule has 4 heteroatoms. The Hall–Kier alpha value is -1.20. The molecule has 0 radical (unpaired) electrons. The Bertz CT molecular complexity index is 1040. The zero-order valence-corrected chi connectivity index (χ0v) is 18.9. The van der Waals surface area contributed by atoms with Gasteiger partial charge in [-0.3, -0.25) is 0 Å². The highest BCUT2D eigenvalue weighted by Crippen LogP contribution is 2.47. The smallest absolute Gasteiger partial charge is 0.0475 e. The third kappa shape index (κ3) is 3.13. The molecule has 0 aliphatic rings. The lowest BCUT2D eigenvalue weighted by atomic mass is 9.89. The van der Waals surface area contributed by atoms with Crippen molar-refractivity contribution in [3.8, 4) is 19.5 Å². The Morgan fingerprint density at radius 3 is 1.85 bits per heavy atom. The average molecular weight is 415 g/mol. The van der Waals surface area contributed by atoms with E-state index in [4.69, 9.17) is 0 Å². The molecule has 0 saturated heterocycles. The first-order valence-corrected chi connectivity index (χ1v) is 12.0. The fraction of sp³-hybridized carbons (Fsp3) is 0.273. The van der Waals surface area contributed by atoms with Gasteiger partial charge in [0.25, 0.3) is 0 Å². The van der Waals surface area contributed by atoms with Crippen LogP contribution in [0.1, 0.15) is 39.6 Å². The molecule has 4 aromatic heterocycles. The van der Waals surface area contributed by atoms with Crippen LogP contribution >= 0.6 is 45.3 Å². The van der Waals surface area contributed by atoms with Gasteiger partial charge in [0.15, 0.2) is 0 Å². The Labute approximate surface area is 171 Å². The van der Waals surface area contributed by atoms with E-state index in [-0.39, 0.29) is 5.41 Å². The van der Waals surface area contributed by atoms with Crippen molar-refractivity contribution in [2.75, 3.05) is 0 Å². The van der Waals surface area contributed by atoms with Crippen molar-refractivity contribution in [2.24, 2.45) is 0 Å². The summed E-state index contributed by atoms with van der Waals surface area (Å²) in [6.07, 6.45) is 0. The Kier molecular flexibility index (Phi) is 4.72. The van der Waals surface area contributed by atoms with Crippen LogP contribution in [-0.2, 0) is 5.41 Å². The second-order valence-electron chi connectivity index (χ2n) is 7.26. The maximum atomic E-state index is 2.40. The first kappa shape index (κ1) is 18.2. The van der Waals surface area contributed by atoms with E-state index in [2.05, 4.69) is 76.4 Å². The van der Waals surface area contributed by atoms with Crippen molar-refractivity contribution in [3.05, 3.63) is 67.5 Å². The van der Waals surface area contributed by atoms with E-state index in [0.717, 1.165) is 0 Å². The van der Waals surface area contributed by atoms with Crippen molar-refractivity contribution in [1.29, 1.82) is 0 Å². The molecule has 4 heterocycles. The third-order valence-corrected chi connectivity index (χ3v) is 10.1. The maximum absolute atomic E-state index is 2.40. The Morgan fingerprint density at radius 2 is 1.35 bits per heavy atom. The molecule has 4 rings (SSSR count). The molecular weight excluding hydrogens is 393 g/mol. The molecule has 0 spiro atoms. The summed E-state index contributed by atoms with van der Waals surface area (Å²) in [5.74, 6) is 0. The predicted octanol–water partition coefficient (Wildman–Crippen LogP) is 8.52. The summed E-state index contributed by atoms with van der Waals surface area (Å²) in [7, 11) is 0. The van der Waals surface area contributed by atoms with Gasteiger partial charge >= 0.3 is 0 Å². The quantitative estimate of drug-likeness (QED) is 0.314. The largest absolute Gasteiger partial charge is 0.143 e. The van der Waals surface area contributed by atoms with E-state index < -0.39 is 0 Å². The zero-order valence-electron chi connectivity index (χ0n) is 15.7. The van der Waals surface area contributed by atoms with Gasteiger partial charge in [-0.2, -0.15) is 0 Å². The molecule has 0 aliphatic heterocycles. The SMILES string of the molecule is Cc1ccc(-c2sc(C(C)(C)c3cc(C)c(-c4cccs4)s3)cc2C)s1. The summed E-state index contributed by atoms with van der Waals surface area (Å²) in [6, 6.07) is 13.6. The van der Waals surface area contributed by atoms with Gasteiger partial charge in [0.2, 0.25) is 0 Å². The van der Waals surface area contributed by atoms with Crippen LogP contribution < -0.4 is 0 Å². The molecule has 26 heavy (non-hydrogen) atoms. The summed E-state index contributed by atoms with van der Waals surface area (Å²) in [5, 5.41) is 2.16. The van der Waals surface area contributed by atoms with Gasteiger partial charge in [-0.25, -0.2) is 0 Å². The fourth-order valence-electron chi connectivity index (χ4n) is 3.16. The number of thiophene rings is 4. The summed E-state index contributed by atoms with van der Waals surface area (Å²) >= 11 is 7.64. The lowest BCUT2D eigenvalue weighted by Crippen LogP contribution is -2.15. The van der Waals surface area contributed by atoms with Gasteiger partial charge in [-0.15, -0.1) is 45.3 Å². The van der Waals surface area contributed by atoms with Gasteiger partial charge in [0, 0.05) is 39.6 Å². The normalized spacial score (nSPS) is 12.0. The number of hydrogen-bond donors (Lipinski definition) is 0. The molecular formula is C22H22S4. The van der Waals surface area contributed by atoms with Crippen LogP contribution in [0.2, 0.25) is 0 Å². The van der Waals surface area contributed by atoms with Crippen LogP contribution in [0.15, 0.2) is 41.8 Å². The lowest BCUT2D eigenvalue weighted by Gasteiger charge is -2.21. The molecule has 0 saturated carbocycles. The first-order chi connectivity index (χ1) is 12.4. The molecule has 0 bridgehead atoms. The molecule has 0 atom stereocenters. The summed E-state index contributed by atoms with van der Waals surface area (Å²) < 4.78 is 0. The molecule has 4 aromatic rings. The molecule has 134 valence electrons. The molecule has 0 aromatic carbocycles. The van der Waals surface area contributed by atoms with Crippen LogP contribution in [0.3, 0.4) is 0 Å². The van der Waals surface area contributed by atoms with Gasteiger partial charge in [0.05, 0.1) is 0 Å². The monoisotopic (exact) mass is 414 g/mol. The predicted molar refractivity (Wildman–Crippen MR) is 122 cm³/mol. The highest BCUT2D eigenvalue weighted by molar-refractivity contribution is 7.23. The fourth-order valence-corrected chi connectivity index (χ4v) is 7.76. The third-order valence-electron chi connectivity index (χ3n) is 4.78. The Balaban J connectivity index is 1.75. The minimum absolute atomic E-state index is 0.0327. The topological polar surface area (TPSA) is 0 Å². The van der Waals surface area contributed by atoms with E-state index >= 15 is 0 Å². The number of rotatable bonds is 4. The highest BCUT2D eigenvalue weighted by Gasteiger charge is 2.29. The van der Waals surface area contributed by atoms with Gasteiger partial charge in [-0.1, -0.05) is 19.9 Å². The van der Waals surface area contributed by atoms with Crippen molar-refractivity contribution < 1.29 is 0 Å². The molecule has 0 fully saturated rings. The summed E-state index contributed by atoms with van der Waals surface area (Å²) in [5.41, 5.74) is 2.82. The van der Waals surface area contributed by atoms with E-state index in [1.165, 1.54) is 45.3 Å². The van der Waals surface area contributed by atoms with Crippen molar-refractivity contribution in [2.45, 2.75) is 40.0 Å². The van der Waals surface area contributed by atoms with Crippen molar-refractivity contribution in [3.63, 3.8) is 0 Å². The van der Waals surface area contributed by atoms with Gasteiger partial charge in [0.1, 0.15) is 0 Å². The van der Waals surface area contributed by atoms with Crippen molar-refractivity contribution >= 4 is 45.3 Å². The number of hydrogen-bond acceptors (Lipinski definition) is 4. The van der Waals surface area contributed by atoms with E-state index in [1.54, 1.807) is 0 Å². The highest BCUT2D eigenvalue weighted by atomic mass is 32.1. The molecule has 0 unspecified atom stereocenters. The molecule has 0 nitrogen and oxygen atoms in total. The van der Waals surface area contributed by atoms with Gasteiger partial charge in [-0.05, 0) is 67.6 Å². The second kappa shape index (κ2) is 6.75. The minimum atomic E-state index is 0.0327. The van der Waals surface area contributed by atoms with Gasteiger partial charge < -0.3 is 0 Å². The van der Waals surface area contributed by atoms with Crippen LogP contribution in [-0.4, -0.2) is 0 Å². The molecule has 0 N–H and O–H groups in total. The standard InChI is InChI=1S/C22H22S4/c1-13-11-18(25-20(13)16-7-6-10-23-16)22(4,5)19-12-14(2)21(26-19)17-9-8-15(3)24-17/h6-12H,1-5H3. The summed E-state index contributed by atoms with van der Waals surface area (Å²) in [4.78, 5) is 9.91. The van der Waals surface area contributed by atoms with Crippen LogP contribution in [0, 0.1) is 20.8 Å². The minimum Gasteiger partial charge on any atom is -0.143 e. The lowest BCUT2D eigenvalue weighted by molar-refractivity contribution is 0.670. The maximum Gasteiger partial charge on any atom is 0.0475 e. The average Bonchev–Trinajstić information content (AvgIpc) is 3.33. The van der Waals surface area contributed by atoms with E-state index in [1.807, 2.05) is 45.3 Å². The summed E-state index contributed by atoms with van der Waals surface area (Å²) in [6.45, 7) is 11.4. The Morgan fingerprint density at radius 1 is 0.731 bits per heavy atom. The van der Waals surface area contributed by atoms with Crippen molar-refractivity contribution in [1.82, 2.24) is 0 Å².